The SMILES string of the molecule is CC(CF)OC(F)(F)C(F)(F)C(F)(F)C(F)(F)C(F)(F)C(F)(F)CC[n+]1ccccc1.CC(CF)OC(F)(F)C(F)(F)C(F)(F)C(F)(F)C(F)(F)C(F)(F)CC[n+]1ccccc1.O=S(=O)([O-])[O-]. The third-order valence-electron chi connectivity index (χ3n) is 8.07. The highest BCUT2D eigenvalue weighted by Gasteiger charge is 2.92. The molecule has 67 heavy (non-hydrogen) atoms. The van der Waals surface area contributed by atoms with E-state index in [1.54, 1.807) is 0 Å². The maximum Gasteiger partial charge on any atom is 0.426 e. The van der Waals surface area contributed by atoms with E-state index in [1.807, 2.05) is 0 Å². The van der Waals surface area contributed by atoms with Gasteiger partial charge in [0.2, 0.25) is 0 Å². The molecule has 0 saturated carbocycles. The van der Waals surface area contributed by atoms with E-state index in [-0.39, 0.29) is 0 Å². The molecule has 0 N–H and O–H groups in total. The van der Waals surface area contributed by atoms with E-state index in [4.69, 9.17) is 17.5 Å². The van der Waals surface area contributed by atoms with E-state index in [9.17, 15) is 114 Å². The summed E-state index contributed by atoms with van der Waals surface area (Å²) in [5, 5.41) is 0. The Labute approximate surface area is 359 Å². The Hall–Kier alpha value is -3.73. The van der Waals surface area contributed by atoms with Gasteiger partial charge in [-0.15, -0.1) is 0 Å². The van der Waals surface area contributed by atoms with Crippen molar-refractivity contribution in [3.05, 3.63) is 61.2 Å². The van der Waals surface area contributed by atoms with Crippen LogP contribution in [-0.2, 0) is 33.0 Å². The Balaban J connectivity index is 0.00000118. The number of aromatic nitrogens is 2. The average Bonchev–Trinajstić information content (AvgIpc) is 3.18. The molecule has 2 aromatic heterocycles. The summed E-state index contributed by atoms with van der Waals surface area (Å²) in [7, 11) is -5.17. The van der Waals surface area contributed by atoms with Crippen LogP contribution >= 0.6 is 0 Å². The maximum absolute atomic E-state index is 13.8. The van der Waals surface area contributed by atoms with Crippen LogP contribution < -0.4 is 9.13 Å². The first-order valence-electron chi connectivity index (χ1n) is 17.1. The quantitative estimate of drug-likeness (QED) is 0.0504. The summed E-state index contributed by atoms with van der Waals surface area (Å²) < 4.78 is 393. The summed E-state index contributed by atoms with van der Waals surface area (Å²) in [4.78, 5) is 0. The predicted molar refractivity (Wildman–Crippen MR) is 165 cm³/mol. The molecular formula is C32H30F26N2O6S. The van der Waals surface area contributed by atoms with Crippen molar-refractivity contribution in [1.29, 1.82) is 0 Å². The van der Waals surface area contributed by atoms with Crippen molar-refractivity contribution in [1.82, 2.24) is 0 Å². The van der Waals surface area contributed by atoms with Crippen LogP contribution in [0.3, 0.4) is 0 Å². The molecule has 0 aromatic carbocycles. The lowest BCUT2D eigenvalue weighted by molar-refractivity contribution is -0.700. The Bertz CT molecular complexity index is 1810. The number of rotatable bonds is 22. The second-order valence-electron chi connectivity index (χ2n) is 13.3. The highest BCUT2D eigenvalue weighted by molar-refractivity contribution is 7.79. The summed E-state index contributed by atoms with van der Waals surface area (Å²) in [6, 6.07) is 7.54. The van der Waals surface area contributed by atoms with Crippen molar-refractivity contribution in [3.63, 3.8) is 0 Å². The summed E-state index contributed by atoms with van der Waals surface area (Å²) >= 11 is 0. The molecule has 2 rings (SSSR count). The Morgan fingerprint density at radius 3 is 0.836 bits per heavy atom. The molecule has 0 saturated heterocycles. The number of hydrogen-bond donors (Lipinski definition) is 0. The van der Waals surface area contributed by atoms with Gasteiger partial charge >= 0.3 is 71.4 Å². The zero-order valence-corrected chi connectivity index (χ0v) is 33.6. The first-order valence-corrected chi connectivity index (χ1v) is 18.5. The third-order valence-corrected chi connectivity index (χ3v) is 8.07. The number of aryl methyl sites for hydroxylation is 2. The van der Waals surface area contributed by atoms with E-state index in [0.29, 0.717) is 13.8 Å². The van der Waals surface area contributed by atoms with Gasteiger partial charge in [-0.25, -0.2) is 17.9 Å². The molecular weight excluding hydrogens is 1030 g/mol. The fourth-order valence-electron chi connectivity index (χ4n) is 4.35. The third kappa shape index (κ3) is 13.7. The first kappa shape index (κ1) is 63.3. The second-order valence-corrected chi connectivity index (χ2v) is 14.2. The number of pyridine rings is 2. The normalized spacial score (nSPS) is 15.5. The van der Waals surface area contributed by atoms with Crippen LogP contribution in [0.1, 0.15) is 26.7 Å². The number of halogens is 26. The van der Waals surface area contributed by atoms with Crippen molar-refractivity contribution >= 4 is 10.4 Å². The largest absolute Gasteiger partial charge is 0.759 e. The minimum Gasteiger partial charge on any atom is -0.759 e. The lowest BCUT2D eigenvalue weighted by Gasteiger charge is -2.41. The number of ether oxygens (including phenoxy) is 2. The van der Waals surface area contributed by atoms with Gasteiger partial charge in [0.1, 0.15) is 13.3 Å². The van der Waals surface area contributed by atoms with Gasteiger partial charge in [0, 0.05) is 34.7 Å². The Morgan fingerprint density at radius 1 is 0.418 bits per heavy atom. The molecule has 2 heterocycles. The molecule has 0 fully saturated rings. The Morgan fingerprint density at radius 2 is 0.627 bits per heavy atom. The molecule has 2 atom stereocenters. The minimum atomic E-state index is -7.74. The van der Waals surface area contributed by atoms with Gasteiger partial charge in [0.25, 0.3) is 0 Å². The van der Waals surface area contributed by atoms with Gasteiger partial charge in [-0.05, 0) is 13.8 Å². The fourth-order valence-corrected chi connectivity index (χ4v) is 4.35. The van der Waals surface area contributed by atoms with Crippen LogP contribution in [0.15, 0.2) is 61.2 Å². The van der Waals surface area contributed by atoms with Gasteiger partial charge in [-0.1, -0.05) is 12.1 Å². The van der Waals surface area contributed by atoms with E-state index < -0.39 is 133 Å². The standard InChI is InChI=1S/2C16H15F13NO.H2O4S/c2*1-10(9-17)31-16(28,29)15(26,27)14(24,25)13(22,23)12(20,21)11(18,19)5-8-30-6-3-2-4-7-30;1-5(2,3)4/h2*2-4,6-7,10H,5,8-9H2,1H3;(H2,1,2,3,4)/q2*+1;/p-2. The van der Waals surface area contributed by atoms with Crippen molar-refractivity contribution in [3.8, 4) is 0 Å². The summed E-state index contributed by atoms with van der Waals surface area (Å²) in [5.74, 6) is -72.2. The van der Waals surface area contributed by atoms with Crippen molar-refractivity contribution < 1.29 is 150 Å². The molecule has 0 aliphatic rings. The molecule has 392 valence electrons. The van der Waals surface area contributed by atoms with Crippen LogP contribution in [0, 0.1) is 0 Å². The molecule has 2 unspecified atom stereocenters. The highest BCUT2D eigenvalue weighted by atomic mass is 32.3. The Kier molecular flexibility index (Phi) is 20.3. The van der Waals surface area contributed by atoms with Crippen molar-refractivity contribution in [2.24, 2.45) is 0 Å². The molecule has 0 amide bonds. The van der Waals surface area contributed by atoms with Crippen LogP contribution in [0.25, 0.3) is 0 Å². The molecule has 35 heteroatoms. The topological polar surface area (TPSA) is 106 Å². The summed E-state index contributed by atoms with van der Waals surface area (Å²) in [6.07, 6.45) is -18.7. The van der Waals surface area contributed by atoms with Gasteiger partial charge in [-0.2, -0.15) is 105 Å². The monoisotopic (exact) mass is 1060 g/mol. The number of nitrogens with zero attached hydrogens (tertiary/aromatic N) is 2. The van der Waals surface area contributed by atoms with Crippen LogP contribution in [0.5, 0.6) is 0 Å². The molecule has 0 radical (unpaired) electrons. The molecule has 0 aliphatic carbocycles. The minimum absolute atomic E-state index is 0.310. The average molecular weight is 1060 g/mol. The van der Waals surface area contributed by atoms with Gasteiger partial charge in [0.05, 0.1) is 25.0 Å². The van der Waals surface area contributed by atoms with Gasteiger partial charge in [-0.3, -0.25) is 8.42 Å². The molecule has 0 bridgehead atoms. The van der Waals surface area contributed by atoms with Gasteiger partial charge < -0.3 is 18.6 Å². The molecule has 0 spiro atoms. The van der Waals surface area contributed by atoms with E-state index in [1.165, 1.54) is 36.4 Å². The second kappa shape index (κ2) is 21.5. The highest BCUT2D eigenvalue weighted by Crippen LogP contribution is 2.62. The summed E-state index contributed by atoms with van der Waals surface area (Å²) in [6.45, 7) is -5.61. The zero-order valence-electron chi connectivity index (χ0n) is 32.8. The van der Waals surface area contributed by atoms with Crippen LogP contribution in [0.4, 0.5) is 114 Å². The van der Waals surface area contributed by atoms with E-state index in [0.717, 1.165) is 33.9 Å². The van der Waals surface area contributed by atoms with Crippen LogP contribution in [0.2, 0.25) is 0 Å². The lowest BCUT2D eigenvalue weighted by Crippen LogP contribution is -2.71. The van der Waals surface area contributed by atoms with E-state index in [2.05, 4.69) is 9.47 Å². The van der Waals surface area contributed by atoms with E-state index >= 15 is 0 Å². The summed E-state index contributed by atoms with van der Waals surface area (Å²) in [5.41, 5.74) is 0. The molecule has 2 aromatic rings. The number of hydrogen-bond acceptors (Lipinski definition) is 6. The maximum atomic E-state index is 13.8. The van der Waals surface area contributed by atoms with Crippen molar-refractivity contribution in [2.45, 2.75) is 123 Å². The zero-order chi connectivity index (χ0) is 53.5. The lowest BCUT2D eigenvalue weighted by atomic mass is 9.92. The smallest absolute Gasteiger partial charge is 0.426 e. The predicted octanol–water partition coefficient (Wildman–Crippen LogP) is 9.68. The number of alkyl halides is 26. The van der Waals surface area contributed by atoms with Crippen LogP contribution in [-0.4, -0.2) is 115 Å². The fraction of sp³-hybridized carbons (Fsp3) is 0.688. The first-order chi connectivity index (χ1) is 29.6. The van der Waals surface area contributed by atoms with Crippen molar-refractivity contribution in [2.75, 3.05) is 13.3 Å². The molecule has 8 nitrogen and oxygen atoms in total. The molecule has 0 aliphatic heterocycles. The van der Waals surface area contributed by atoms with Gasteiger partial charge in [0.15, 0.2) is 37.9 Å².